The maximum Gasteiger partial charge on any atom is 0.317 e. The number of rotatable bonds is 1. The zero-order valence-corrected chi connectivity index (χ0v) is 14.6. The number of urea groups is 1. The third-order valence-electron chi connectivity index (χ3n) is 5.23. The fourth-order valence-electron chi connectivity index (χ4n) is 3.86. The zero-order chi connectivity index (χ0) is 17.4. The van der Waals surface area contributed by atoms with Crippen LogP contribution in [-0.4, -0.2) is 47.6 Å². The normalized spacial score (nSPS) is 22.1. The molecule has 1 atom stereocenters. The van der Waals surface area contributed by atoms with Gasteiger partial charge in [0.15, 0.2) is 5.82 Å². The Morgan fingerprint density at radius 2 is 2.08 bits per heavy atom. The first-order chi connectivity index (χ1) is 12.1. The highest BCUT2D eigenvalue weighted by Gasteiger charge is 2.46. The molecule has 4 rings (SSSR count). The van der Waals surface area contributed by atoms with E-state index in [1.807, 2.05) is 42.2 Å². The quantitative estimate of drug-likeness (QED) is 0.866. The van der Waals surface area contributed by atoms with Gasteiger partial charge in [0, 0.05) is 37.0 Å². The van der Waals surface area contributed by atoms with Crippen LogP contribution in [0.25, 0.3) is 11.4 Å². The summed E-state index contributed by atoms with van der Waals surface area (Å²) in [4.78, 5) is 23.5. The van der Waals surface area contributed by atoms with Crippen LogP contribution in [0.1, 0.15) is 23.4 Å². The molecule has 1 saturated heterocycles. The summed E-state index contributed by atoms with van der Waals surface area (Å²) in [5.41, 5.74) is 3.86. The van der Waals surface area contributed by atoms with E-state index < -0.39 is 0 Å². The average molecular weight is 338 g/mol. The third kappa shape index (κ3) is 2.66. The van der Waals surface area contributed by atoms with Gasteiger partial charge in [-0.2, -0.15) is 0 Å². The van der Waals surface area contributed by atoms with Crippen molar-refractivity contribution in [1.29, 1.82) is 0 Å². The largest absolute Gasteiger partial charge is 0.376 e. The minimum absolute atomic E-state index is 0.0435. The number of benzene rings is 1. The van der Waals surface area contributed by atoms with Gasteiger partial charge in [0.1, 0.15) is 0 Å². The van der Waals surface area contributed by atoms with Gasteiger partial charge in [-0.3, -0.25) is 0 Å². The lowest BCUT2D eigenvalue weighted by Gasteiger charge is -2.35. The fourth-order valence-corrected chi connectivity index (χ4v) is 3.86. The maximum absolute atomic E-state index is 12.0. The lowest BCUT2D eigenvalue weighted by atomic mass is 9.80. The fraction of sp³-hybridized carbons (Fsp3) is 0.421. The van der Waals surface area contributed by atoms with E-state index in [0.29, 0.717) is 26.3 Å². The van der Waals surface area contributed by atoms with E-state index in [2.05, 4.69) is 5.32 Å². The number of aryl methyl sites for hydroxylation is 1. The summed E-state index contributed by atoms with van der Waals surface area (Å²) in [6, 6.07) is 9.99. The van der Waals surface area contributed by atoms with Crippen molar-refractivity contribution in [1.82, 2.24) is 20.2 Å². The molecule has 1 fully saturated rings. The van der Waals surface area contributed by atoms with Crippen molar-refractivity contribution in [3.63, 3.8) is 0 Å². The van der Waals surface area contributed by atoms with E-state index in [4.69, 9.17) is 14.7 Å². The van der Waals surface area contributed by atoms with Gasteiger partial charge in [-0.1, -0.05) is 30.3 Å². The average Bonchev–Trinajstić information content (AvgIpc) is 3.07. The number of carbonyl (C=O) groups is 1. The molecule has 0 bridgehead atoms. The number of ether oxygens (including phenoxy) is 1. The molecule has 1 aromatic heterocycles. The predicted molar refractivity (Wildman–Crippen MR) is 94.2 cm³/mol. The maximum atomic E-state index is 12.0. The Labute approximate surface area is 147 Å². The molecule has 6 heteroatoms. The van der Waals surface area contributed by atoms with Crippen molar-refractivity contribution < 1.29 is 9.53 Å². The van der Waals surface area contributed by atoms with Gasteiger partial charge >= 0.3 is 6.03 Å². The highest BCUT2D eigenvalue weighted by Crippen LogP contribution is 2.40. The van der Waals surface area contributed by atoms with Crippen LogP contribution >= 0.6 is 0 Å². The van der Waals surface area contributed by atoms with Gasteiger partial charge in [-0.25, -0.2) is 14.8 Å². The first-order valence-electron chi connectivity index (χ1n) is 8.61. The minimum Gasteiger partial charge on any atom is -0.376 e. The molecule has 25 heavy (non-hydrogen) atoms. The molecule has 0 radical (unpaired) electrons. The summed E-state index contributed by atoms with van der Waals surface area (Å²) in [5, 5.41) is 2.71. The van der Waals surface area contributed by atoms with Crippen LogP contribution in [0.5, 0.6) is 0 Å². The van der Waals surface area contributed by atoms with Crippen LogP contribution in [0.4, 0.5) is 4.79 Å². The zero-order valence-electron chi connectivity index (χ0n) is 14.6. The van der Waals surface area contributed by atoms with Crippen molar-refractivity contribution in [3.8, 4) is 11.4 Å². The molecule has 2 aliphatic rings. The summed E-state index contributed by atoms with van der Waals surface area (Å²) >= 11 is 0. The van der Waals surface area contributed by atoms with E-state index >= 15 is 0 Å². The number of fused-ring (bicyclic) bond motifs is 2. The second-order valence-corrected chi connectivity index (χ2v) is 6.83. The van der Waals surface area contributed by atoms with Gasteiger partial charge in [0.05, 0.1) is 24.3 Å². The highest BCUT2D eigenvalue weighted by molar-refractivity contribution is 5.74. The van der Waals surface area contributed by atoms with Crippen LogP contribution in [0.15, 0.2) is 30.3 Å². The first kappa shape index (κ1) is 16.0. The van der Waals surface area contributed by atoms with Crippen molar-refractivity contribution >= 4 is 6.03 Å². The first-order valence-corrected chi connectivity index (χ1v) is 8.61. The molecule has 130 valence electrons. The van der Waals surface area contributed by atoms with Crippen LogP contribution < -0.4 is 5.32 Å². The highest BCUT2D eigenvalue weighted by atomic mass is 16.5. The van der Waals surface area contributed by atoms with Crippen LogP contribution in [0, 0.1) is 6.92 Å². The van der Waals surface area contributed by atoms with E-state index in [1.165, 1.54) is 0 Å². The number of nitrogens with one attached hydrogen (secondary N) is 1. The summed E-state index contributed by atoms with van der Waals surface area (Å²) < 4.78 is 5.88. The van der Waals surface area contributed by atoms with Crippen LogP contribution in [0.2, 0.25) is 0 Å². The number of likely N-dealkylation sites (tertiary alicyclic amines) is 1. The molecule has 0 saturated carbocycles. The number of nitrogens with zero attached hydrogens (tertiary/aromatic N) is 3. The second-order valence-electron chi connectivity index (χ2n) is 6.83. The number of amides is 2. The molecule has 0 aliphatic carbocycles. The Hall–Kier alpha value is -2.47. The third-order valence-corrected chi connectivity index (χ3v) is 5.23. The monoisotopic (exact) mass is 338 g/mol. The van der Waals surface area contributed by atoms with Gasteiger partial charge in [-0.15, -0.1) is 0 Å². The lowest BCUT2D eigenvalue weighted by Crippen LogP contribution is -2.43. The minimum atomic E-state index is -0.239. The van der Waals surface area contributed by atoms with E-state index in [-0.39, 0.29) is 11.4 Å². The predicted octanol–water partition coefficient (Wildman–Crippen LogP) is 2.27. The van der Waals surface area contributed by atoms with Crippen molar-refractivity contribution in [3.05, 3.63) is 47.3 Å². The molecule has 1 N–H and O–H groups in total. The smallest absolute Gasteiger partial charge is 0.317 e. The molecule has 3 heterocycles. The second kappa shape index (κ2) is 6.11. The molecule has 6 nitrogen and oxygen atoms in total. The molecule has 0 unspecified atom stereocenters. The Morgan fingerprint density at radius 3 is 2.84 bits per heavy atom. The molecule has 1 aromatic carbocycles. The Morgan fingerprint density at radius 1 is 1.28 bits per heavy atom. The SMILES string of the molecule is CNC(=O)N1CC[C@@]2(COCc3c(C)nc(-c4ccccc4)nc32)C1. The van der Waals surface area contributed by atoms with Gasteiger partial charge in [0.25, 0.3) is 0 Å². The van der Waals surface area contributed by atoms with Crippen LogP contribution in [-0.2, 0) is 16.8 Å². The van der Waals surface area contributed by atoms with Crippen molar-refractivity contribution in [2.75, 3.05) is 26.7 Å². The summed E-state index contributed by atoms with van der Waals surface area (Å²) in [6.07, 6.45) is 0.859. The molecule has 2 amide bonds. The molecule has 2 aliphatic heterocycles. The number of aromatic nitrogens is 2. The lowest BCUT2D eigenvalue weighted by molar-refractivity contribution is 0.0514. The van der Waals surface area contributed by atoms with E-state index in [0.717, 1.165) is 34.8 Å². The standard InChI is InChI=1S/C19H22N4O2/c1-13-15-10-25-12-19(8-9-23(11-19)18(24)20-2)16(15)22-17(21-13)14-6-4-3-5-7-14/h3-7H,8-12H2,1-2H3,(H,20,24)/t19-/m0/s1. The summed E-state index contributed by atoms with van der Waals surface area (Å²) in [6.45, 7) is 4.49. The van der Waals surface area contributed by atoms with Gasteiger partial charge in [-0.05, 0) is 13.3 Å². The molecule has 1 spiro atoms. The Kier molecular flexibility index (Phi) is 3.92. The summed E-state index contributed by atoms with van der Waals surface area (Å²) in [5.74, 6) is 0.747. The number of carbonyl (C=O) groups excluding carboxylic acids is 1. The van der Waals surface area contributed by atoms with Gasteiger partial charge < -0.3 is 15.0 Å². The van der Waals surface area contributed by atoms with Crippen molar-refractivity contribution in [2.45, 2.75) is 25.4 Å². The van der Waals surface area contributed by atoms with Gasteiger partial charge in [0.2, 0.25) is 0 Å². The summed E-state index contributed by atoms with van der Waals surface area (Å²) in [7, 11) is 1.67. The van der Waals surface area contributed by atoms with Crippen LogP contribution in [0.3, 0.4) is 0 Å². The number of hydrogen-bond donors (Lipinski definition) is 1. The van der Waals surface area contributed by atoms with Crippen molar-refractivity contribution in [2.24, 2.45) is 0 Å². The Balaban J connectivity index is 1.78. The molecular weight excluding hydrogens is 316 g/mol. The van der Waals surface area contributed by atoms with E-state index in [1.54, 1.807) is 7.05 Å². The topological polar surface area (TPSA) is 67.4 Å². The molecule has 2 aromatic rings. The van der Waals surface area contributed by atoms with E-state index in [9.17, 15) is 4.79 Å². The Bertz CT molecular complexity index is 809. The molecular formula is C19H22N4O2. The number of hydrogen-bond acceptors (Lipinski definition) is 4.